The molecular formula is C40H73O2PS2Zn. The minimum absolute atomic E-state index is 0. The van der Waals surface area contributed by atoms with Crippen LogP contribution in [0.3, 0.4) is 0 Å². The summed E-state index contributed by atoms with van der Waals surface area (Å²) in [6, 6.07) is 6.15. The third-order valence-corrected chi connectivity index (χ3v) is 10.4. The maximum atomic E-state index is 11.9. The van der Waals surface area contributed by atoms with Gasteiger partial charge in [-0.1, -0.05) is 200 Å². The van der Waals surface area contributed by atoms with Crippen LogP contribution < -0.4 is 9.42 Å². The van der Waals surface area contributed by atoms with Crippen LogP contribution in [0.2, 0.25) is 0 Å². The van der Waals surface area contributed by atoms with Crippen LogP contribution in [0, 0.1) is 0 Å². The third kappa shape index (κ3) is 30.8. The van der Waals surface area contributed by atoms with E-state index in [-0.39, 0.29) is 19.5 Å². The van der Waals surface area contributed by atoms with Crippen LogP contribution in [0.25, 0.3) is 0 Å². The van der Waals surface area contributed by atoms with Crippen molar-refractivity contribution in [1.29, 1.82) is 0 Å². The Morgan fingerprint density at radius 3 is 1.04 bits per heavy atom. The summed E-state index contributed by atoms with van der Waals surface area (Å²) in [5.41, 5.74) is 2.76. The molecule has 0 aliphatic carbocycles. The number of hydrogen-bond donors (Lipinski definition) is 0. The number of unbranched alkanes of at least 4 members (excludes halogenated alkanes) is 28. The van der Waals surface area contributed by atoms with E-state index in [1.54, 1.807) is 0 Å². The second-order valence-electron chi connectivity index (χ2n) is 13.9. The Morgan fingerprint density at radius 1 is 0.457 bits per heavy atom. The Balaban J connectivity index is 0.0000202. The fraction of sp³-hybridized carbons (Fsp3) is 0.850. The van der Waals surface area contributed by atoms with Crippen LogP contribution in [0.15, 0.2) is 18.2 Å². The van der Waals surface area contributed by atoms with E-state index >= 15 is 0 Å². The largest absolute Gasteiger partial charge is 2.00 e. The molecule has 0 heterocycles. The smallest absolute Gasteiger partial charge is 0.682 e. The van der Waals surface area contributed by atoms with E-state index < -0.39 is 6.12 Å². The SMILES string of the molecule is CCCCCCCCCCCCCCCCCc1ccc(O[P+]([O-])([S-])[S-])cc1CCCCCCCCCCCCCCCCC.[Zn+2]. The van der Waals surface area contributed by atoms with Gasteiger partial charge >= 0.3 is 19.5 Å². The third-order valence-electron chi connectivity index (χ3n) is 9.49. The van der Waals surface area contributed by atoms with Gasteiger partial charge in [-0.15, -0.1) is 6.12 Å². The molecule has 0 radical (unpaired) electrons. The van der Waals surface area contributed by atoms with Gasteiger partial charge in [0.25, 0.3) is 0 Å². The van der Waals surface area contributed by atoms with E-state index in [1.807, 2.05) is 6.07 Å². The monoisotopic (exact) mass is 744 g/mol. The minimum atomic E-state index is -3.37. The molecule has 0 aromatic heterocycles. The second kappa shape index (κ2) is 34.2. The summed E-state index contributed by atoms with van der Waals surface area (Å²) in [4.78, 5) is 11.9. The topological polar surface area (TPSA) is 32.3 Å². The summed E-state index contributed by atoms with van der Waals surface area (Å²) in [6.45, 7) is 4.58. The van der Waals surface area contributed by atoms with Crippen molar-refractivity contribution in [3.8, 4) is 5.75 Å². The summed E-state index contributed by atoms with van der Waals surface area (Å²) in [5.74, 6) is 0.583. The number of rotatable bonds is 34. The predicted octanol–water partition coefficient (Wildman–Crippen LogP) is 14.0. The summed E-state index contributed by atoms with van der Waals surface area (Å²) >= 11 is 9.74. The molecule has 0 aliphatic heterocycles. The first-order valence-electron chi connectivity index (χ1n) is 19.8. The van der Waals surface area contributed by atoms with E-state index in [0.29, 0.717) is 5.75 Å². The molecule has 1 aromatic carbocycles. The standard InChI is InChI=1S/C40H75O2PS2.Zn/c1-3-5-7-9-11-13-15-17-19-21-23-25-27-29-31-33-38-35-36-40(42-43(41,44)45)37-39(38)34-32-30-28-26-24-22-20-18-16-14-12-10-8-6-4-2;/h35-37H,3-34H2,1-2H3,(H2,41,44,45);/q;+2/p-2. The zero-order valence-electron chi connectivity index (χ0n) is 30.6. The fourth-order valence-corrected chi connectivity index (χ4v) is 7.53. The summed E-state index contributed by atoms with van der Waals surface area (Å²) in [6.07, 6.45) is 40.5. The van der Waals surface area contributed by atoms with E-state index in [1.165, 1.54) is 204 Å². The van der Waals surface area contributed by atoms with Gasteiger partial charge < -0.3 is 33.9 Å². The number of benzene rings is 1. The average Bonchev–Trinajstić information content (AvgIpc) is 3.01. The van der Waals surface area contributed by atoms with Gasteiger partial charge in [0.05, 0.1) is 0 Å². The molecular weight excluding hydrogens is 673 g/mol. The van der Waals surface area contributed by atoms with Crippen molar-refractivity contribution in [2.75, 3.05) is 0 Å². The summed E-state index contributed by atoms with van der Waals surface area (Å²) in [7, 11) is 0. The molecule has 0 saturated carbocycles. The summed E-state index contributed by atoms with van der Waals surface area (Å²) < 4.78 is 5.44. The van der Waals surface area contributed by atoms with Gasteiger partial charge in [-0.3, -0.25) is 0 Å². The Hall–Kier alpha value is 0.733. The maximum absolute atomic E-state index is 11.9. The van der Waals surface area contributed by atoms with E-state index in [2.05, 4.69) is 26.0 Å². The van der Waals surface area contributed by atoms with Crippen molar-refractivity contribution in [2.24, 2.45) is 0 Å². The van der Waals surface area contributed by atoms with Crippen molar-refractivity contribution < 1.29 is 28.9 Å². The molecule has 0 aliphatic rings. The Bertz CT molecular complexity index is 774. The molecule has 46 heavy (non-hydrogen) atoms. The van der Waals surface area contributed by atoms with Crippen LogP contribution in [-0.2, 0) is 56.8 Å². The molecule has 6 heteroatoms. The Kier molecular flexibility index (Phi) is 34.7. The first kappa shape index (κ1) is 46.7. The molecule has 2 nitrogen and oxygen atoms in total. The van der Waals surface area contributed by atoms with Crippen LogP contribution >= 0.6 is 6.12 Å². The molecule has 0 amide bonds. The van der Waals surface area contributed by atoms with Gasteiger partial charge in [-0.05, 0) is 48.9 Å². The molecule has 0 spiro atoms. The van der Waals surface area contributed by atoms with Gasteiger partial charge in [0, 0.05) is 0 Å². The van der Waals surface area contributed by atoms with Gasteiger partial charge in [-0.25, -0.2) is 0 Å². The van der Waals surface area contributed by atoms with Crippen molar-refractivity contribution in [3.63, 3.8) is 0 Å². The number of aryl methyl sites for hydroxylation is 2. The van der Waals surface area contributed by atoms with E-state index in [9.17, 15) is 4.89 Å². The first-order valence-corrected chi connectivity index (χ1v) is 23.4. The molecule has 0 saturated heterocycles. The zero-order chi connectivity index (χ0) is 32.7. The summed E-state index contributed by atoms with van der Waals surface area (Å²) in [5, 5.41) is 0. The van der Waals surface area contributed by atoms with Gasteiger partial charge in [-0.2, -0.15) is 0 Å². The van der Waals surface area contributed by atoms with E-state index in [0.717, 1.165) is 12.8 Å². The number of hydrogen-bond acceptors (Lipinski definition) is 4. The van der Waals surface area contributed by atoms with Gasteiger partial charge in [0.15, 0.2) is 5.75 Å². The molecule has 1 aromatic rings. The average molecular weight is 747 g/mol. The van der Waals surface area contributed by atoms with Crippen molar-refractivity contribution in [3.05, 3.63) is 29.3 Å². The first-order chi connectivity index (χ1) is 22.0. The molecule has 0 bridgehead atoms. The quantitative estimate of drug-likeness (QED) is 0.0304. The fourth-order valence-electron chi connectivity index (χ4n) is 6.64. The van der Waals surface area contributed by atoms with Crippen molar-refractivity contribution >= 4 is 30.6 Å². The molecule has 1 rings (SSSR count). The Morgan fingerprint density at radius 2 is 0.739 bits per heavy atom. The van der Waals surface area contributed by atoms with Gasteiger partial charge in [0.2, 0.25) is 0 Å². The van der Waals surface area contributed by atoms with E-state index in [4.69, 9.17) is 29.0 Å². The van der Waals surface area contributed by atoms with Crippen LogP contribution in [-0.4, -0.2) is 0 Å². The van der Waals surface area contributed by atoms with Crippen LogP contribution in [0.5, 0.6) is 5.75 Å². The van der Waals surface area contributed by atoms with Gasteiger partial charge in [0.1, 0.15) is 0 Å². The van der Waals surface area contributed by atoms with Crippen molar-refractivity contribution in [1.82, 2.24) is 0 Å². The van der Waals surface area contributed by atoms with Crippen LogP contribution in [0.1, 0.15) is 218 Å². The normalized spacial score (nSPS) is 11.6. The Labute approximate surface area is 312 Å². The second-order valence-corrected chi connectivity index (χ2v) is 18.5. The van der Waals surface area contributed by atoms with Crippen molar-refractivity contribution in [2.45, 2.75) is 219 Å². The predicted molar refractivity (Wildman–Crippen MR) is 206 cm³/mol. The minimum Gasteiger partial charge on any atom is -0.682 e. The zero-order valence-corrected chi connectivity index (χ0v) is 36.1. The molecule has 0 fully saturated rings. The molecule has 0 unspecified atom stereocenters. The molecule has 264 valence electrons. The maximum Gasteiger partial charge on any atom is 2.00 e. The molecule has 0 N–H and O–H groups in total. The molecule has 0 atom stereocenters. The van der Waals surface area contributed by atoms with Crippen LogP contribution in [0.4, 0.5) is 0 Å².